The van der Waals surface area contributed by atoms with Crippen molar-refractivity contribution in [2.45, 2.75) is 52.2 Å². The van der Waals surface area contributed by atoms with Crippen molar-refractivity contribution in [1.29, 1.82) is 0 Å². The predicted octanol–water partition coefficient (Wildman–Crippen LogP) is 2.85. The number of furan rings is 1. The molecule has 0 spiro atoms. The van der Waals surface area contributed by atoms with Gasteiger partial charge in [0.25, 0.3) is 5.91 Å². The Kier molecular flexibility index (Phi) is 4.71. The topological polar surface area (TPSA) is 82.9 Å². The number of fused-ring (bicyclic) bond motifs is 1. The molecule has 4 amide bonds. The van der Waals surface area contributed by atoms with Gasteiger partial charge >= 0.3 is 6.03 Å². The number of imide groups is 1. The number of hydrogen-bond acceptors (Lipinski definition) is 4. The molecule has 1 fully saturated rings. The summed E-state index contributed by atoms with van der Waals surface area (Å²) in [5, 5.41) is 3.53. The van der Waals surface area contributed by atoms with Gasteiger partial charge in [0, 0.05) is 17.5 Å². The average Bonchev–Trinajstić information content (AvgIpc) is 3.10. The van der Waals surface area contributed by atoms with E-state index in [0.29, 0.717) is 11.3 Å². The first-order chi connectivity index (χ1) is 12.6. The molecule has 1 aliphatic heterocycles. The molecule has 7 nitrogen and oxygen atoms in total. The second kappa shape index (κ2) is 6.72. The van der Waals surface area contributed by atoms with Crippen molar-refractivity contribution in [3.8, 4) is 0 Å². The molecule has 0 aliphatic carbocycles. The van der Waals surface area contributed by atoms with Crippen molar-refractivity contribution in [2.24, 2.45) is 0 Å². The number of para-hydroxylation sites is 1. The van der Waals surface area contributed by atoms with E-state index in [2.05, 4.69) is 5.32 Å². The third-order valence-electron chi connectivity index (χ3n) is 4.89. The van der Waals surface area contributed by atoms with Crippen LogP contribution in [0.1, 0.15) is 40.4 Å². The van der Waals surface area contributed by atoms with Gasteiger partial charge in [0.1, 0.15) is 17.9 Å². The first kappa shape index (κ1) is 18.9. The molecule has 144 valence electrons. The number of urea groups is 1. The highest BCUT2D eigenvalue weighted by Crippen LogP contribution is 2.33. The van der Waals surface area contributed by atoms with Gasteiger partial charge in [-0.2, -0.15) is 0 Å². The van der Waals surface area contributed by atoms with E-state index in [0.717, 1.165) is 10.3 Å². The molecule has 1 aromatic carbocycles. The third kappa shape index (κ3) is 3.18. The minimum atomic E-state index is -1.34. The number of benzene rings is 1. The van der Waals surface area contributed by atoms with Crippen LogP contribution in [-0.2, 0) is 15.1 Å². The second-order valence-corrected chi connectivity index (χ2v) is 7.58. The summed E-state index contributed by atoms with van der Waals surface area (Å²) < 4.78 is 5.79. The summed E-state index contributed by atoms with van der Waals surface area (Å²) in [5.41, 5.74) is -0.701. The Morgan fingerprint density at radius 1 is 1.19 bits per heavy atom. The highest BCUT2D eigenvalue weighted by Gasteiger charge is 2.52. The lowest BCUT2D eigenvalue weighted by atomic mass is 9.99. The smallest absolute Gasteiger partial charge is 0.325 e. The van der Waals surface area contributed by atoms with Crippen LogP contribution in [0, 0.1) is 0 Å². The molecule has 1 atom stereocenters. The van der Waals surface area contributed by atoms with Crippen LogP contribution in [-0.4, -0.2) is 46.3 Å². The lowest BCUT2D eigenvalue weighted by molar-refractivity contribution is -0.141. The number of nitrogens with zero attached hydrogens (tertiary/aromatic N) is 2. The molecule has 2 aromatic rings. The number of nitrogens with one attached hydrogen (secondary N) is 1. The van der Waals surface area contributed by atoms with Gasteiger partial charge in [0.2, 0.25) is 5.91 Å². The largest absolute Gasteiger partial charge is 0.458 e. The standard InChI is InChI=1S/C20H25N3O4/c1-12(2)23(13(3)4)17(24)11-22-18(25)20(5,21-19(22)26)16-10-14-8-6-7-9-15(14)27-16/h6-10,12-13H,11H2,1-5H3,(H,21,26)/t20-/m1/s1. The quantitative estimate of drug-likeness (QED) is 0.819. The molecule has 7 heteroatoms. The molecule has 1 N–H and O–H groups in total. The molecule has 3 rings (SSSR count). The van der Waals surface area contributed by atoms with Gasteiger partial charge in [0.15, 0.2) is 5.54 Å². The summed E-state index contributed by atoms with van der Waals surface area (Å²) in [6.07, 6.45) is 0. The van der Waals surface area contributed by atoms with Crippen molar-refractivity contribution in [3.05, 3.63) is 36.1 Å². The van der Waals surface area contributed by atoms with Crippen LogP contribution in [0.2, 0.25) is 0 Å². The van der Waals surface area contributed by atoms with E-state index in [1.807, 2.05) is 45.9 Å². The van der Waals surface area contributed by atoms with Crippen molar-refractivity contribution < 1.29 is 18.8 Å². The number of carbonyl (C=O) groups is 3. The van der Waals surface area contributed by atoms with Crippen LogP contribution in [0.5, 0.6) is 0 Å². The van der Waals surface area contributed by atoms with E-state index in [4.69, 9.17) is 4.42 Å². The van der Waals surface area contributed by atoms with Gasteiger partial charge < -0.3 is 14.6 Å². The van der Waals surface area contributed by atoms with Crippen LogP contribution in [0.25, 0.3) is 11.0 Å². The minimum Gasteiger partial charge on any atom is -0.458 e. The molecule has 0 saturated carbocycles. The average molecular weight is 371 g/mol. The Labute approximate surface area is 158 Å². The summed E-state index contributed by atoms with van der Waals surface area (Å²) in [6, 6.07) is 8.48. The van der Waals surface area contributed by atoms with Crippen molar-refractivity contribution in [2.75, 3.05) is 6.54 Å². The van der Waals surface area contributed by atoms with Crippen LogP contribution < -0.4 is 5.32 Å². The number of amides is 4. The fourth-order valence-electron chi connectivity index (χ4n) is 3.62. The lowest BCUT2D eigenvalue weighted by Crippen LogP contribution is -2.49. The zero-order chi connectivity index (χ0) is 19.9. The van der Waals surface area contributed by atoms with Gasteiger partial charge in [-0.25, -0.2) is 4.79 Å². The second-order valence-electron chi connectivity index (χ2n) is 7.58. The normalized spacial score (nSPS) is 20.0. The van der Waals surface area contributed by atoms with E-state index in [9.17, 15) is 14.4 Å². The molecule has 0 unspecified atom stereocenters. The van der Waals surface area contributed by atoms with Gasteiger partial charge in [0.05, 0.1) is 0 Å². The Morgan fingerprint density at radius 3 is 2.41 bits per heavy atom. The van der Waals surface area contributed by atoms with Gasteiger partial charge in [-0.3, -0.25) is 14.5 Å². The summed E-state index contributed by atoms with van der Waals surface area (Å²) >= 11 is 0. The zero-order valence-corrected chi connectivity index (χ0v) is 16.3. The van der Waals surface area contributed by atoms with Gasteiger partial charge in [-0.05, 0) is 46.8 Å². The van der Waals surface area contributed by atoms with Crippen LogP contribution in [0.4, 0.5) is 4.79 Å². The maximum atomic E-state index is 13.0. The monoisotopic (exact) mass is 371 g/mol. The SMILES string of the molecule is CC(C)N(C(=O)CN1C(=O)N[C@](C)(c2cc3ccccc3o2)C1=O)C(C)C. The number of carbonyl (C=O) groups excluding carboxylic acids is 3. The summed E-state index contributed by atoms with van der Waals surface area (Å²) in [5.74, 6) is -0.411. The highest BCUT2D eigenvalue weighted by molar-refractivity contribution is 6.09. The maximum Gasteiger partial charge on any atom is 0.325 e. The minimum absolute atomic E-state index is 0.0278. The number of rotatable bonds is 5. The van der Waals surface area contributed by atoms with Crippen molar-refractivity contribution in [1.82, 2.24) is 15.1 Å². The predicted molar refractivity (Wildman–Crippen MR) is 101 cm³/mol. The fraction of sp³-hybridized carbons (Fsp3) is 0.450. The van der Waals surface area contributed by atoms with Gasteiger partial charge in [-0.15, -0.1) is 0 Å². The maximum absolute atomic E-state index is 13.0. The molecule has 0 bridgehead atoms. The van der Waals surface area contributed by atoms with Crippen molar-refractivity contribution >= 4 is 28.8 Å². The Morgan fingerprint density at radius 2 is 1.81 bits per heavy atom. The van der Waals surface area contributed by atoms with Crippen LogP contribution in [0.15, 0.2) is 34.7 Å². The lowest BCUT2D eigenvalue weighted by Gasteiger charge is -2.31. The van der Waals surface area contributed by atoms with Crippen LogP contribution in [0.3, 0.4) is 0 Å². The fourth-order valence-corrected chi connectivity index (χ4v) is 3.62. The zero-order valence-electron chi connectivity index (χ0n) is 16.3. The van der Waals surface area contributed by atoms with Crippen molar-refractivity contribution in [3.63, 3.8) is 0 Å². The Hall–Kier alpha value is -2.83. The van der Waals surface area contributed by atoms with Crippen LogP contribution >= 0.6 is 0 Å². The molecular weight excluding hydrogens is 346 g/mol. The molecular formula is C20H25N3O4. The Balaban J connectivity index is 1.87. The third-order valence-corrected chi connectivity index (χ3v) is 4.89. The van der Waals surface area contributed by atoms with E-state index < -0.39 is 17.5 Å². The number of hydrogen-bond donors (Lipinski definition) is 1. The van der Waals surface area contributed by atoms with E-state index in [-0.39, 0.29) is 24.5 Å². The molecule has 0 radical (unpaired) electrons. The van der Waals surface area contributed by atoms with E-state index in [1.165, 1.54) is 0 Å². The first-order valence-electron chi connectivity index (χ1n) is 9.09. The summed E-state index contributed by atoms with van der Waals surface area (Å²) in [7, 11) is 0. The van der Waals surface area contributed by atoms with E-state index >= 15 is 0 Å². The first-order valence-corrected chi connectivity index (χ1v) is 9.09. The van der Waals surface area contributed by atoms with E-state index in [1.54, 1.807) is 24.0 Å². The molecule has 1 aliphatic rings. The highest BCUT2D eigenvalue weighted by atomic mass is 16.3. The summed E-state index contributed by atoms with van der Waals surface area (Å²) in [4.78, 5) is 40.8. The Bertz CT molecular complexity index is 861. The van der Waals surface area contributed by atoms with Gasteiger partial charge in [-0.1, -0.05) is 18.2 Å². The molecule has 1 aromatic heterocycles. The summed E-state index contributed by atoms with van der Waals surface area (Å²) in [6.45, 7) is 8.92. The molecule has 1 saturated heterocycles. The molecule has 27 heavy (non-hydrogen) atoms. The molecule has 2 heterocycles.